The van der Waals surface area contributed by atoms with Gasteiger partial charge in [-0.15, -0.1) is 0 Å². The number of halogens is 3. The van der Waals surface area contributed by atoms with Crippen molar-refractivity contribution in [1.29, 1.82) is 0 Å². The lowest BCUT2D eigenvalue weighted by atomic mass is 10.1. The Balaban J connectivity index is 2.45. The molecule has 2 N–H and O–H groups in total. The Morgan fingerprint density at radius 2 is 2.00 bits per heavy atom. The van der Waals surface area contributed by atoms with Gasteiger partial charge in [0.15, 0.2) is 0 Å². The number of nitrogens with two attached hydrogens (primary N) is 1. The molecular weight excluding hydrogens is 233 g/mol. The normalized spacial score (nSPS) is 11.8. The molecule has 0 fully saturated rings. The Kier molecular flexibility index (Phi) is 2.53. The summed E-state index contributed by atoms with van der Waals surface area (Å²) in [6, 6.07) is 0.870. The van der Waals surface area contributed by atoms with Crippen LogP contribution in [0.3, 0.4) is 0 Å². The van der Waals surface area contributed by atoms with Crippen LogP contribution in [0.5, 0.6) is 0 Å². The standard InChI is InChI=1S/C10H9F3N4/c1-17-5-6(3-16-17)9-8(14)2-7(4-15-9)10(11,12)13/h2-5H,14H2,1H3. The monoisotopic (exact) mass is 242 g/mol. The second-order valence-electron chi connectivity index (χ2n) is 3.56. The molecule has 0 aromatic carbocycles. The number of nitrogen functional groups attached to an aromatic ring is 1. The van der Waals surface area contributed by atoms with Gasteiger partial charge in [0.2, 0.25) is 0 Å². The van der Waals surface area contributed by atoms with Crippen molar-refractivity contribution in [3.63, 3.8) is 0 Å². The van der Waals surface area contributed by atoms with Crippen LogP contribution in [0.4, 0.5) is 18.9 Å². The molecule has 0 aliphatic carbocycles. The van der Waals surface area contributed by atoms with Crippen molar-refractivity contribution in [3.8, 4) is 11.3 Å². The van der Waals surface area contributed by atoms with Gasteiger partial charge in [0.1, 0.15) is 0 Å². The molecule has 0 aliphatic rings. The molecular formula is C10H9F3N4. The summed E-state index contributed by atoms with van der Waals surface area (Å²) in [7, 11) is 1.70. The van der Waals surface area contributed by atoms with E-state index in [1.165, 1.54) is 10.9 Å². The van der Waals surface area contributed by atoms with Crippen molar-refractivity contribution in [1.82, 2.24) is 14.8 Å². The summed E-state index contributed by atoms with van der Waals surface area (Å²) in [6.45, 7) is 0. The zero-order chi connectivity index (χ0) is 12.6. The zero-order valence-corrected chi connectivity index (χ0v) is 8.86. The lowest BCUT2D eigenvalue weighted by molar-refractivity contribution is -0.137. The van der Waals surface area contributed by atoms with E-state index in [9.17, 15) is 13.2 Å². The van der Waals surface area contributed by atoms with E-state index >= 15 is 0 Å². The number of hydrogen-bond acceptors (Lipinski definition) is 3. The predicted octanol–water partition coefficient (Wildman–Crippen LogP) is 2.08. The topological polar surface area (TPSA) is 56.7 Å². The van der Waals surface area contributed by atoms with Crippen molar-refractivity contribution in [3.05, 3.63) is 30.2 Å². The molecule has 17 heavy (non-hydrogen) atoms. The van der Waals surface area contributed by atoms with E-state index in [1.807, 2.05) is 0 Å². The summed E-state index contributed by atoms with van der Waals surface area (Å²) in [5.74, 6) is 0. The summed E-state index contributed by atoms with van der Waals surface area (Å²) >= 11 is 0. The highest BCUT2D eigenvalue weighted by Crippen LogP contribution is 2.32. The Morgan fingerprint density at radius 3 is 2.47 bits per heavy atom. The molecule has 2 aromatic heterocycles. The molecule has 90 valence electrons. The quantitative estimate of drug-likeness (QED) is 0.832. The van der Waals surface area contributed by atoms with E-state index in [1.54, 1.807) is 13.2 Å². The smallest absolute Gasteiger partial charge is 0.397 e. The molecule has 0 aliphatic heterocycles. The van der Waals surface area contributed by atoms with E-state index in [2.05, 4.69) is 10.1 Å². The number of pyridine rings is 1. The Hall–Kier alpha value is -2.05. The minimum atomic E-state index is -4.44. The van der Waals surface area contributed by atoms with Crippen molar-refractivity contribution in [2.45, 2.75) is 6.18 Å². The van der Waals surface area contributed by atoms with E-state index < -0.39 is 11.7 Å². The van der Waals surface area contributed by atoms with Crippen molar-refractivity contribution in [2.75, 3.05) is 5.73 Å². The van der Waals surface area contributed by atoms with Gasteiger partial charge in [-0.05, 0) is 6.07 Å². The van der Waals surface area contributed by atoms with E-state index in [0.717, 1.165) is 12.3 Å². The molecule has 2 rings (SSSR count). The van der Waals surface area contributed by atoms with Crippen LogP contribution in [0, 0.1) is 0 Å². The van der Waals surface area contributed by atoms with Gasteiger partial charge in [-0.2, -0.15) is 18.3 Å². The molecule has 0 amide bonds. The van der Waals surface area contributed by atoms with Gasteiger partial charge in [0, 0.05) is 25.0 Å². The van der Waals surface area contributed by atoms with Gasteiger partial charge in [0.25, 0.3) is 0 Å². The maximum atomic E-state index is 12.4. The van der Waals surface area contributed by atoms with E-state index in [4.69, 9.17) is 5.73 Å². The number of aryl methyl sites for hydroxylation is 1. The maximum absolute atomic E-state index is 12.4. The van der Waals surface area contributed by atoms with Crippen molar-refractivity contribution in [2.24, 2.45) is 7.05 Å². The molecule has 2 aromatic rings. The second kappa shape index (κ2) is 3.76. The molecule has 2 heterocycles. The number of aromatic nitrogens is 3. The largest absolute Gasteiger partial charge is 0.417 e. The van der Waals surface area contributed by atoms with Crippen LogP contribution >= 0.6 is 0 Å². The first-order valence-corrected chi connectivity index (χ1v) is 4.69. The fraction of sp³-hybridized carbons (Fsp3) is 0.200. The van der Waals surface area contributed by atoms with Crippen LogP contribution in [0.15, 0.2) is 24.7 Å². The van der Waals surface area contributed by atoms with Gasteiger partial charge in [-0.25, -0.2) is 0 Å². The summed E-state index contributed by atoms with van der Waals surface area (Å²) < 4.78 is 38.7. The fourth-order valence-electron chi connectivity index (χ4n) is 1.42. The van der Waals surface area contributed by atoms with Crippen LogP contribution in [0.2, 0.25) is 0 Å². The molecule has 0 bridgehead atoms. The third kappa shape index (κ3) is 2.22. The van der Waals surface area contributed by atoms with Gasteiger partial charge in [-0.3, -0.25) is 9.67 Å². The van der Waals surface area contributed by atoms with Crippen LogP contribution in [0.1, 0.15) is 5.56 Å². The van der Waals surface area contributed by atoms with Gasteiger partial charge >= 0.3 is 6.18 Å². The summed E-state index contributed by atoms with van der Waals surface area (Å²) in [6.07, 6.45) is -0.550. The minimum Gasteiger partial charge on any atom is -0.397 e. The number of alkyl halides is 3. The van der Waals surface area contributed by atoms with Gasteiger partial charge < -0.3 is 5.73 Å². The van der Waals surface area contributed by atoms with Crippen molar-refractivity contribution < 1.29 is 13.2 Å². The molecule has 7 heteroatoms. The third-order valence-corrected chi connectivity index (χ3v) is 2.22. The highest BCUT2D eigenvalue weighted by Gasteiger charge is 2.31. The third-order valence-electron chi connectivity index (χ3n) is 2.22. The highest BCUT2D eigenvalue weighted by molar-refractivity contribution is 5.71. The lowest BCUT2D eigenvalue weighted by Gasteiger charge is -2.08. The van der Waals surface area contributed by atoms with Gasteiger partial charge in [0.05, 0.1) is 23.1 Å². The summed E-state index contributed by atoms with van der Waals surface area (Å²) in [5, 5.41) is 3.90. The Bertz CT molecular complexity index is 545. The Morgan fingerprint density at radius 1 is 1.29 bits per heavy atom. The molecule has 0 spiro atoms. The summed E-state index contributed by atoms with van der Waals surface area (Å²) in [4.78, 5) is 3.73. The molecule has 0 saturated carbocycles. The Labute approximate surface area is 94.9 Å². The first kappa shape index (κ1) is 11.4. The molecule has 0 saturated heterocycles. The fourth-order valence-corrected chi connectivity index (χ4v) is 1.42. The number of rotatable bonds is 1. The van der Waals surface area contributed by atoms with Crippen LogP contribution in [-0.4, -0.2) is 14.8 Å². The second-order valence-corrected chi connectivity index (χ2v) is 3.56. The molecule has 0 unspecified atom stereocenters. The SMILES string of the molecule is Cn1cc(-c2ncc(C(F)(F)F)cc2N)cn1. The summed E-state index contributed by atoms with van der Waals surface area (Å²) in [5.41, 5.74) is 5.56. The first-order valence-electron chi connectivity index (χ1n) is 4.69. The molecule has 0 atom stereocenters. The number of nitrogens with zero attached hydrogens (tertiary/aromatic N) is 3. The average Bonchev–Trinajstić information content (AvgIpc) is 2.63. The van der Waals surface area contributed by atoms with E-state index in [0.29, 0.717) is 11.3 Å². The van der Waals surface area contributed by atoms with E-state index in [-0.39, 0.29) is 5.69 Å². The van der Waals surface area contributed by atoms with Crippen molar-refractivity contribution >= 4 is 5.69 Å². The number of anilines is 1. The average molecular weight is 242 g/mol. The number of hydrogen-bond donors (Lipinski definition) is 1. The van der Waals surface area contributed by atoms with Gasteiger partial charge in [-0.1, -0.05) is 0 Å². The first-order chi connectivity index (χ1) is 7.88. The minimum absolute atomic E-state index is 0.0205. The van der Waals surface area contributed by atoms with Crippen LogP contribution in [-0.2, 0) is 13.2 Å². The van der Waals surface area contributed by atoms with Crippen LogP contribution in [0.25, 0.3) is 11.3 Å². The lowest BCUT2D eigenvalue weighted by Crippen LogP contribution is -2.07. The molecule has 0 radical (unpaired) electrons. The van der Waals surface area contributed by atoms with Crippen LogP contribution < -0.4 is 5.73 Å². The highest BCUT2D eigenvalue weighted by atomic mass is 19.4. The predicted molar refractivity (Wildman–Crippen MR) is 55.9 cm³/mol. The molecule has 4 nitrogen and oxygen atoms in total. The zero-order valence-electron chi connectivity index (χ0n) is 8.86. The maximum Gasteiger partial charge on any atom is 0.417 e.